The molecule has 18 heavy (non-hydrogen) atoms. The summed E-state index contributed by atoms with van der Waals surface area (Å²) in [5, 5.41) is 6.41. The summed E-state index contributed by atoms with van der Waals surface area (Å²) in [4.78, 5) is 4.29. The van der Waals surface area contributed by atoms with Crippen molar-refractivity contribution >= 4 is 5.84 Å². The molecule has 3 rings (SSSR count). The molecule has 0 radical (unpaired) electrons. The summed E-state index contributed by atoms with van der Waals surface area (Å²) in [6.45, 7) is 1.92. The number of aliphatic imine (C=N–C) groups is 1. The Labute approximate surface area is 106 Å². The predicted octanol–water partition coefficient (Wildman–Crippen LogP) is -0.125. The van der Waals surface area contributed by atoms with E-state index in [2.05, 4.69) is 27.8 Å². The summed E-state index contributed by atoms with van der Waals surface area (Å²) in [7, 11) is 0. The van der Waals surface area contributed by atoms with Crippen LogP contribution in [0.2, 0.25) is 0 Å². The number of amidine groups is 1. The minimum atomic E-state index is -0.953. The second-order valence-electron chi connectivity index (χ2n) is 4.69. The Hall–Kier alpha value is -1.85. The molecule has 0 amide bonds. The van der Waals surface area contributed by atoms with Crippen LogP contribution in [0.3, 0.4) is 0 Å². The Bertz CT molecular complexity index is 534. The average Bonchev–Trinajstić information content (AvgIpc) is 2.38. The van der Waals surface area contributed by atoms with Crippen LogP contribution in [0.1, 0.15) is 16.7 Å². The van der Waals surface area contributed by atoms with E-state index in [1.165, 1.54) is 11.1 Å². The normalized spacial score (nSPS) is 26.2. The fourth-order valence-electron chi connectivity index (χ4n) is 2.39. The summed E-state index contributed by atoms with van der Waals surface area (Å²) in [5.74, 6) is -0.516. The van der Waals surface area contributed by atoms with Crippen molar-refractivity contribution in [1.29, 1.82) is 0 Å². The van der Waals surface area contributed by atoms with E-state index >= 15 is 0 Å². The van der Waals surface area contributed by atoms with Gasteiger partial charge in [0.15, 0.2) is 0 Å². The third kappa shape index (κ3) is 1.87. The van der Waals surface area contributed by atoms with Gasteiger partial charge in [0.25, 0.3) is 0 Å². The van der Waals surface area contributed by atoms with Crippen molar-refractivity contribution in [3.63, 3.8) is 0 Å². The molecule has 1 aromatic rings. The highest BCUT2D eigenvalue weighted by atomic mass is 15.3. The molecule has 0 spiro atoms. The van der Waals surface area contributed by atoms with Crippen LogP contribution < -0.4 is 22.1 Å². The van der Waals surface area contributed by atoms with E-state index in [0.29, 0.717) is 5.84 Å². The number of nitrogens with one attached hydrogen (secondary N) is 2. The van der Waals surface area contributed by atoms with Gasteiger partial charge in [0, 0.05) is 18.3 Å². The van der Waals surface area contributed by atoms with E-state index in [0.717, 1.165) is 25.1 Å². The molecule has 5 heteroatoms. The van der Waals surface area contributed by atoms with Crippen molar-refractivity contribution in [1.82, 2.24) is 10.6 Å². The van der Waals surface area contributed by atoms with Crippen molar-refractivity contribution in [2.24, 2.45) is 16.5 Å². The predicted molar refractivity (Wildman–Crippen MR) is 71.6 cm³/mol. The lowest BCUT2D eigenvalue weighted by Gasteiger charge is -2.30. The van der Waals surface area contributed by atoms with Gasteiger partial charge >= 0.3 is 0 Å². The highest BCUT2D eigenvalue weighted by Gasteiger charge is 2.28. The quantitative estimate of drug-likeness (QED) is 0.553. The third-order valence-electron chi connectivity index (χ3n) is 3.40. The molecule has 0 aliphatic carbocycles. The molecule has 2 aliphatic heterocycles. The minimum Gasteiger partial charge on any atom is -0.384 e. The standard InChI is InChI=1S/C13H17N5/c14-12-4-6-17-13(15,18-12)11-2-1-9-3-5-16-8-10(9)7-11/h1-2,4,6-7,16-17H,3,5,8,15H2,(H2,14,18). The van der Waals surface area contributed by atoms with E-state index < -0.39 is 5.79 Å². The number of nitrogens with two attached hydrogens (primary N) is 2. The molecule has 0 saturated carbocycles. The number of nitrogens with zero attached hydrogens (tertiary/aromatic N) is 1. The van der Waals surface area contributed by atoms with E-state index in [1.807, 2.05) is 6.07 Å². The Kier molecular flexibility index (Phi) is 2.57. The lowest BCUT2D eigenvalue weighted by molar-refractivity contribution is 0.409. The zero-order valence-corrected chi connectivity index (χ0v) is 10.1. The van der Waals surface area contributed by atoms with Crippen molar-refractivity contribution in [2.75, 3.05) is 6.54 Å². The van der Waals surface area contributed by atoms with Crippen LogP contribution in [0.25, 0.3) is 0 Å². The Balaban J connectivity index is 2.00. The molecule has 0 bridgehead atoms. The van der Waals surface area contributed by atoms with Crippen molar-refractivity contribution in [3.05, 3.63) is 47.2 Å². The molecular formula is C13H17N5. The van der Waals surface area contributed by atoms with Gasteiger partial charge in [-0.1, -0.05) is 12.1 Å². The van der Waals surface area contributed by atoms with Gasteiger partial charge in [-0.05, 0) is 36.2 Å². The van der Waals surface area contributed by atoms with Crippen molar-refractivity contribution in [2.45, 2.75) is 18.8 Å². The average molecular weight is 243 g/mol. The zero-order chi connectivity index (χ0) is 12.6. The number of fused-ring (bicyclic) bond motifs is 1. The highest BCUT2D eigenvalue weighted by Crippen LogP contribution is 2.23. The minimum absolute atomic E-state index is 0.437. The van der Waals surface area contributed by atoms with Gasteiger partial charge in [0.1, 0.15) is 5.84 Å². The van der Waals surface area contributed by atoms with Crippen LogP contribution in [-0.2, 0) is 18.8 Å². The molecule has 6 N–H and O–H groups in total. The van der Waals surface area contributed by atoms with Gasteiger partial charge in [-0.15, -0.1) is 0 Å². The summed E-state index contributed by atoms with van der Waals surface area (Å²) in [6, 6.07) is 6.25. The summed E-state index contributed by atoms with van der Waals surface area (Å²) in [5.41, 5.74) is 15.6. The molecular weight excluding hydrogens is 226 g/mol. The monoisotopic (exact) mass is 243 g/mol. The van der Waals surface area contributed by atoms with Crippen molar-refractivity contribution < 1.29 is 0 Å². The molecule has 0 aromatic heterocycles. The maximum atomic E-state index is 6.25. The molecule has 2 aliphatic rings. The Morgan fingerprint density at radius 2 is 2.17 bits per heavy atom. The fraction of sp³-hybridized carbons (Fsp3) is 0.308. The van der Waals surface area contributed by atoms with E-state index in [9.17, 15) is 0 Å². The topological polar surface area (TPSA) is 88.5 Å². The third-order valence-corrected chi connectivity index (χ3v) is 3.40. The van der Waals surface area contributed by atoms with Crippen LogP contribution in [0.5, 0.6) is 0 Å². The molecule has 0 saturated heterocycles. The first-order valence-corrected chi connectivity index (χ1v) is 6.09. The van der Waals surface area contributed by atoms with Gasteiger partial charge in [-0.25, -0.2) is 4.99 Å². The number of hydrogen-bond acceptors (Lipinski definition) is 5. The molecule has 0 fully saturated rings. The van der Waals surface area contributed by atoms with Gasteiger partial charge in [-0.2, -0.15) is 0 Å². The summed E-state index contributed by atoms with van der Waals surface area (Å²) >= 11 is 0. The fourth-order valence-corrected chi connectivity index (χ4v) is 2.39. The number of rotatable bonds is 1. The Morgan fingerprint density at radius 1 is 1.28 bits per heavy atom. The maximum absolute atomic E-state index is 6.25. The largest absolute Gasteiger partial charge is 0.384 e. The first-order valence-electron chi connectivity index (χ1n) is 6.09. The highest BCUT2D eigenvalue weighted by molar-refractivity contribution is 5.92. The second-order valence-corrected chi connectivity index (χ2v) is 4.69. The second kappa shape index (κ2) is 4.12. The molecule has 2 heterocycles. The lowest BCUT2D eigenvalue weighted by Crippen LogP contribution is -2.49. The van der Waals surface area contributed by atoms with Gasteiger partial charge in [0.05, 0.1) is 0 Å². The first kappa shape index (κ1) is 11.3. The van der Waals surface area contributed by atoms with Gasteiger partial charge in [0.2, 0.25) is 5.79 Å². The first-order chi connectivity index (χ1) is 8.67. The van der Waals surface area contributed by atoms with E-state index in [4.69, 9.17) is 11.5 Å². The van der Waals surface area contributed by atoms with Crippen LogP contribution in [0, 0.1) is 0 Å². The van der Waals surface area contributed by atoms with Crippen LogP contribution >= 0.6 is 0 Å². The van der Waals surface area contributed by atoms with E-state index in [-0.39, 0.29) is 0 Å². The smallest absolute Gasteiger partial charge is 0.211 e. The van der Waals surface area contributed by atoms with Crippen LogP contribution in [0.4, 0.5) is 0 Å². The van der Waals surface area contributed by atoms with Crippen LogP contribution in [0.15, 0.2) is 35.5 Å². The van der Waals surface area contributed by atoms with Crippen molar-refractivity contribution in [3.8, 4) is 0 Å². The molecule has 94 valence electrons. The van der Waals surface area contributed by atoms with E-state index in [1.54, 1.807) is 12.3 Å². The van der Waals surface area contributed by atoms with Gasteiger partial charge < -0.3 is 16.4 Å². The Morgan fingerprint density at radius 3 is 3.00 bits per heavy atom. The summed E-state index contributed by atoms with van der Waals surface area (Å²) in [6.07, 6.45) is 4.50. The maximum Gasteiger partial charge on any atom is 0.211 e. The molecule has 1 atom stereocenters. The number of benzene rings is 1. The van der Waals surface area contributed by atoms with Crippen LogP contribution in [-0.4, -0.2) is 12.4 Å². The molecule has 1 unspecified atom stereocenters. The summed E-state index contributed by atoms with van der Waals surface area (Å²) < 4.78 is 0. The SMILES string of the molecule is NC1=NC(N)(c2ccc3c(c2)CNCC3)NC=C1. The number of hydrogen-bond donors (Lipinski definition) is 4. The molecule has 1 aromatic carbocycles. The molecule has 5 nitrogen and oxygen atoms in total. The zero-order valence-electron chi connectivity index (χ0n) is 10.1. The lowest BCUT2D eigenvalue weighted by atomic mass is 9.96. The van der Waals surface area contributed by atoms with Gasteiger partial charge in [-0.3, -0.25) is 5.73 Å².